The largest absolute Gasteiger partial charge is 0.392 e. The van der Waals surface area contributed by atoms with Crippen LogP contribution >= 0.6 is 11.3 Å². The van der Waals surface area contributed by atoms with Gasteiger partial charge in [0.05, 0.1) is 16.8 Å². The number of nitrogens with zero attached hydrogens (tertiary/aromatic N) is 1. The van der Waals surface area contributed by atoms with Crippen molar-refractivity contribution < 1.29 is 14.7 Å². The number of carbonyl (C=O) groups is 2. The van der Waals surface area contributed by atoms with Gasteiger partial charge in [0.2, 0.25) is 5.91 Å². The first-order valence-corrected chi connectivity index (χ1v) is 8.27. The highest BCUT2D eigenvalue weighted by Gasteiger charge is 2.13. The molecule has 0 unspecified atom stereocenters. The molecule has 0 aliphatic rings. The molecule has 2 aromatic carbocycles. The van der Waals surface area contributed by atoms with E-state index in [2.05, 4.69) is 10.3 Å². The molecule has 3 rings (SSSR count). The Hall–Kier alpha value is -2.57. The van der Waals surface area contributed by atoms with Crippen LogP contribution in [0.4, 0.5) is 5.69 Å². The lowest BCUT2D eigenvalue weighted by atomic mass is 10.1. The molecule has 0 radical (unpaired) electrons. The molecule has 0 fully saturated rings. The van der Waals surface area contributed by atoms with Gasteiger partial charge in [0, 0.05) is 19.0 Å². The molecule has 24 heavy (non-hydrogen) atoms. The highest BCUT2D eigenvalue weighted by Crippen LogP contribution is 2.25. The van der Waals surface area contributed by atoms with E-state index in [1.807, 2.05) is 18.2 Å². The molecule has 0 aliphatic heterocycles. The fraction of sp³-hybridized carbons (Fsp3) is 0.167. The zero-order chi connectivity index (χ0) is 17.1. The number of Topliss-reactive ketones (excluding diaryl/α,β-unsaturated/α-hetero) is 1. The van der Waals surface area contributed by atoms with E-state index >= 15 is 0 Å². The van der Waals surface area contributed by atoms with E-state index < -0.39 is 0 Å². The second kappa shape index (κ2) is 6.90. The number of aliphatic hydroxyl groups is 1. The number of hydrogen-bond acceptors (Lipinski definition) is 5. The Bertz CT molecular complexity index is 918. The lowest BCUT2D eigenvalue weighted by molar-refractivity contribution is -0.114. The number of anilines is 1. The van der Waals surface area contributed by atoms with E-state index in [0.717, 1.165) is 21.3 Å². The van der Waals surface area contributed by atoms with Crippen LogP contribution in [0.3, 0.4) is 0 Å². The number of aromatic nitrogens is 1. The summed E-state index contributed by atoms with van der Waals surface area (Å²) in [4.78, 5) is 28.0. The third kappa shape index (κ3) is 3.67. The summed E-state index contributed by atoms with van der Waals surface area (Å²) in [5.74, 6) is -0.217. The highest BCUT2D eigenvalue weighted by atomic mass is 32.1. The maximum atomic E-state index is 12.5. The lowest BCUT2D eigenvalue weighted by Crippen LogP contribution is -2.07. The van der Waals surface area contributed by atoms with Gasteiger partial charge in [-0.25, -0.2) is 4.98 Å². The Balaban J connectivity index is 1.80. The first-order chi connectivity index (χ1) is 11.5. The van der Waals surface area contributed by atoms with Crippen LogP contribution in [-0.2, 0) is 17.8 Å². The average molecular weight is 340 g/mol. The van der Waals surface area contributed by atoms with Crippen molar-refractivity contribution in [2.75, 3.05) is 5.32 Å². The summed E-state index contributed by atoms with van der Waals surface area (Å²) in [6.07, 6.45) is 0.222. The molecule has 0 bridgehead atoms. The van der Waals surface area contributed by atoms with Gasteiger partial charge in [0.25, 0.3) is 0 Å². The van der Waals surface area contributed by atoms with Crippen molar-refractivity contribution in [1.29, 1.82) is 0 Å². The number of carbonyl (C=O) groups excluding carboxylic acids is 2. The van der Waals surface area contributed by atoms with Gasteiger partial charge in [0.15, 0.2) is 10.8 Å². The number of benzene rings is 2. The van der Waals surface area contributed by atoms with Gasteiger partial charge >= 0.3 is 0 Å². The third-order valence-electron chi connectivity index (χ3n) is 3.49. The van der Waals surface area contributed by atoms with Gasteiger partial charge in [-0.2, -0.15) is 0 Å². The number of aliphatic hydroxyl groups excluding tert-OH is 1. The van der Waals surface area contributed by atoms with E-state index in [1.165, 1.54) is 18.3 Å². The third-order valence-corrected chi connectivity index (χ3v) is 4.55. The first-order valence-electron chi connectivity index (χ1n) is 7.45. The monoisotopic (exact) mass is 340 g/mol. The first kappa shape index (κ1) is 16.3. The molecule has 0 atom stereocenters. The molecule has 1 aromatic heterocycles. The van der Waals surface area contributed by atoms with E-state index in [-0.39, 0.29) is 24.7 Å². The van der Waals surface area contributed by atoms with Crippen molar-refractivity contribution >= 4 is 38.9 Å². The summed E-state index contributed by atoms with van der Waals surface area (Å²) in [5.41, 5.74) is 3.05. The van der Waals surface area contributed by atoms with Crippen molar-refractivity contribution in [2.45, 2.75) is 20.0 Å². The molecule has 1 amide bonds. The molecule has 5 nitrogen and oxygen atoms in total. The minimum Gasteiger partial charge on any atom is -0.392 e. The second-order valence-corrected chi connectivity index (χ2v) is 6.49. The number of thiazole rings is 1. The van der Waals surface area contributed by atoms with Crippen LogP contribution in [-0.4, -0.2) is 21.8 Å². The molecule has 1 heterocycles. The molecule has 2 N–H and O–H groups in total. The Labute approximate surface area is 143 Å². The molecule has 3 aromatic rings. The summed E-state index contributed by atoms with van der Waals surface area (Å²) in [6.45, 7) is 1.41. The van der Waals surface area contributed by atoms with Gasteiger partial charge in [-0.3, -0.25) is 9.59 Å². The fourth-order valence-corrected chi connectivity index (χ4v) is 3.38. The molecule has 0 aliphatic carbocycles. The van der Waals surface area contributed by atoms with Crippen molar-refractivity contribution in [3.05, 3.63) is 58.6 Å². The summed E-state index contributed by atoms with van der Waals surface area (Å²) >= 11 is 1.33. The number of hydrogen-bond donors (Lipinski definition) is 2. The van der Waals surface area contributed by atoms with Crippen molar-refractivity contribution in [1.82, 2.24) is 4.98 Å². The van der Waals surface area contributed by atoms with Crippen molar-refractivity contribution in [3.8, 4) is 0 Å². The number of fused-ring (bicyclic) bond motifs is 1. The smallest absolute Gasteiger partial charge is 0.221 e. The van der Waals surface area contributed by atoms with Gasteiger partial charge in [-0.15, -0.1) is 11.3 Å². The van der Waals surface area contributed by atoms with Crippen LogP contribution in [0.15, 0.2) is 42.5 Å². The van der Waals surface area contributed by atoms with Crippen LogP contribution in [0.25, 0.3) is 10.2 Å². The molecule has 0 saturated heterocycles. The van der Waals surface area contributed by atoms with Crippen LogP contribution in [0.5, 0.6) is 0 Å². The standard InChI is InChI=1S/C18H16N2O3S/c1-11(22)19-14-4-2-3-12(7-14)8-16(23)18-20-15-6-5-13(10-21)9-17(15)24-18/h2-7,9,21H,8,10H2,1H3,(H,19,22). The number of nitrogens with one attached hydrogen (secondary N) is 1. The predicted molar refractivity (Wildman–Crippen MR) is 94.3 cm³/mol. The molecule has 6 heteroatoms. The van der Waals surface area contributed by atoms with E-state index in [1.54, 1.807) is 24.3 Å². The topological polar surface area (TPSA) is 79.3 Å². The van der Waals surface area contributed by atoms with Crippen LogP contribution < -0.4 is 5.32 Å². The van der Waals surface area contributed by atoms with Gasteiger partial charge in [-0.05, 0) is 35.4 Å². The fourth-order valence-electron chi connectivity index (χ4n) is 2.41. The molecular weight excluding hydrogens is 324 g/mol. The summed E-state index contributed by atoms with van der Waals surface area (Å²) in [7, 11) is 0. The van der Waals surface area contributed by atoms with Gasteiger partial charge in [-0.1, -0.05) is 18.2 Å². The van der Waals surface area contributed by atoms with Crippen LogP contribution in [0.2, 0.25) is 0 Å². The molecule has 0 saturated carbocycles. The average Bonchev–Trinajstić information content (AvgIpc) is 2.97. The molecule has 122 valence electrons. The van der Waals surface area contributed by atoms with Gasteiger partial charge in [0.1, 0.15) is 0 Å². The quantitative estimate of drug-likeness (QED) is 0.699. The number of rotatable bonds is 5. The van der Waals surface area contributed by atoms with Crippen LogP contribution in [0.1, 0.15) is 27.9 Å². The Morgan fingerprint density at radius 3 is 2.75 bits per heavy atom. The maximum Gasteiger partial charge on any atom is 0.221 e. The molecule has 0 spiro atoms. The van der Waals surface area contributed by atoms with Crippen molar-refractivity contribution in [2.24, 2.45) is 0 Å². The number of amides is 1. The van der Waals surface area contributed by atoms with E-state index in [9.17, 15) is 14.7 Å². The Morgan fingerprint density at radius 1 is 1.17 bits per heavy atom. The second-order valence-electron chi connectivity index (χ2n) is 5.46. The summed E-state index contributed by atoms with van der Waals surface area (Å²) < 4.78 is 0.886. The minimum absolute atomic E-state index is 0.0347. The van der Waals surface area contributed by atoms with Crippen LogP contribution in [0, 0.1) is 0 Å². The maximum absolute atomic E-state index is 12.5. The highest BCUT2D eigenvalue weighted by molar-refractivity contribution is 7.20. The summed E-state index contributed by atoms with van der Waals surface area (Å²) in [6, 6.07) is 12.7. The van der Waals surface area contributed by atoms with Crippen molar-refractivity contribution in [3.63, 3.8) is 0 Å². The van der Waals surface area contributed by atoms with Gasteiger partial charge < -0.3 is 10.4 Å². The predicted octanol–water partition coefficient (Wildman–Crippen LogP) is 3.17. The Morgan fingerprint density at radius 2 is 2.00 bits per heavy atom. The van der Waals surface area contributed by atoms with E-state index in [4.69, 9.17) is 0 Å². The SMILES string of the molecule is CC(=O)Nc1cccc(CC(=O)c2nc3ccc(CO)cc3s2)c1. The normalized spacial score (nSPS) is 10.8. The lowest BCUT2D eigenvalue weighted by Gasteiger charge is -2.04. The Kier molecular flexibility index (Phi) is 4.69. The zero-order valence-electron chi connectivity index (χ0n) is 13.1. The minimum atomic E-state index is -0.149. The zero-order valence-corrected chi connectivity index (χ0v) is 13.9. The number of ketones is 1. The molecular formula is C18H16N2O3S. The van der Waals surface area contributed by atoms with E-state index in [0.29, 0.717) is 10.7 Å². The summed E-state index contributed by atoms with van der Waals surface area (Å²) in [5, 5.41) is 12.3.